The van der Waals surface area contributed by atoms with Gasteiger partial charge in [-0.2, -0.15) is 4.79 Å². The molecule has 29 heavy (non-hydrogen) atoms. The number of rotatable bonds is 12. The van der Waals surface area contributed by atoms with Gasteiger partial charge < -0.3 is 20.9 Å². The van der Waals surface area contributed by atoms with Gasteiger partial charge in [0.1, 0.15) is 12.6 Å². The van der Waals surface area contributed by atoms with Crippen LogP contribution >= 0.6 is 0 Å². The van der Waals surface area contributed by atoms with Crippen LogP contribution in [0.15, 0.2) is 30.3 Å². The number of hydrogen-bond donors (Lipinski definition) is 2. The Hall–Kier alpha value is -2.99. The Morgan fingerprint density at radius 1 is 1.14 bits per heavy atom. The third-order valence-corrected chi connectivity index (χ3v) is 4.22. The van der Waals surface area contributed by atoms with E-state index in [-0.39, 0.29) is 12.5 Å². The average molecular weight is 402 g/mol. The molecule has 2 N–H and O–H groups in total. The van der Waals surface area contributed by atoms with Gasteiger partial charge in [0.2, 0.25) is 5.91 Å². The number of benzene rings is 1. The van der Waals surface area contributed by atoms with Crippen molar-refractivity contribution in [1.29, 1.82) is 0 Å². The van der Waals surface area contributed by atoms with E-state index >= 15 is 0 Å². The number of ether oxygens (including phenoxy) is 1. The first-order valence-corrected chi connectivity index (χ1v) is 9.86. The van der Waals surface area contributed by atoms with Crippen LogP contribution in [0, 0.1) is 5.92 Å². The second-order valence-corrected chi connectivity index (χ2v) is 7.24. The van der Waals surface area contributed by atoms with Gasteiger partial charge in [0.25, 0.3) is 5.78 Å². The summed E-state index contributed by atoms with van der Waals surface area (Å²) in [6, 6.07) is 7.56. The van der Waals surface area contributed by atoms with Crippen molar-refractivity contribution < 1.29 is 23.9 Å². The summed E-state index contributed by atoms with van der Waals surface area (Å²) in [6.45, 7) is 5.91. The van der Waals surface area contributed by atoms with Crippen molar-refractivity contribution >= 4 is 24.0 Å². The topological polar surface area (TPSA) is 121 Å². The standard InChI is InChI=1S/C21H30N4O4/c1-4-5-11-17(19(26)13-23-22)24-20(27)18(12-15(2)3)25-21(28)29-14-16-9-7-6-8-10-16/h6-10,13,15,17-18H,4-5,11-12,14H2,1-3H3,(H,24,27)(H,25,28)/t17-,18-/m0/s1. The molecular formula is C21H30N4O4. The summed E-state index contributed by atoms with van der Waals surface area (Å²) >= 11 is 0. The summed E-state index contributed by atoms with van der Waals surface area (Å²) in [6.07, 6.45) is 2.43. The lowest BCUT2D eigenvalue weighted by molar-refractivity contribution is -0.128. The Morgan fingerprint density at radius 3 is 2.41 bits per heavy atom. The van der Waals surface area contributed by atoms with Crippen molar-refractivity contribution in [2.24, 2.45) is 5.92 Å². The van der Waals surface area contributed by atoms with Crippen LogP contribution in [0.3, 0.4) is 0 Å². The lowest BCUT2D eigenvalue weighted by Gasteiger charge is -2.22. The third-order valence-electron chi connectivity index (χ3n) is 4.22. The molecule has 0 saturated carbocycles. The van der Waals surface area contributed by atoms with Crippen LogP contribution in [0.4, 0.5) is 4.79 Å². The number of nitrogens with one attached hydrogen (secondary N) is 2. The molecule has 0 unspecified atom stereocenters. The minimum absolute atomic E-state index is 0.0905. The van der Waals surface area contributed by atoms with Gasteiger partial charge in [0.05, 0.1) is 6.04 Å². The number of carbonyl (C=O) groups is 3. The molecule has 2 amide bonds. The summed E-state index contributed by atoms with van der Waals surface area (Å²) in [5.41, 5.74) is 9.44. The van der Waals surface area contributed by atoms with E-state index in [1.54, 1.807) is 0 Å². The van der Waals surface area contributed by atoms with Gasteiger partial charge >= 0.3 is 12.3 Å². The lowest BCUT2D eigenvalue weighted by Crippen LogP contribution is -2.52. The predicted molar refractivity (Wildman–Crippen MR) is 109 cm³/mol. The van der Waals surface area contributed by atoms with E-state index < -0.39 is 29.9 Å². The Labute approximate surface area is 171 Å². The van der Waals surface area contributed by atoms with Crippen LogP contribution in [-0.2, 0) is 20.9 Å². The number of carbonyl (C=O) groups excluding carboxylic acids is 3. The van der Waals surface area contributed by atoms with Crippen molar-refractivity contribution in [3.05, 3.63) is 41.4 Å². The summed E-state index contributed by atoms with van der Waals surface area (Å²) in [7, 11) is 0. The van der Waals surface area contributed by atoms with Gasteiger partial charge in [0, 0.05) is 0 Å². The fraction of sp³-hybridized carbons (Fsp3) is 0.524. The molecule has 0 saturated heterocycles. The summed E-state index contributed by atoms with van der Waals surface area (Å²) < 4.78 is 5.19. The molecule has 0 spiro atoms. The largest absolute Gasteiger partial charge is 0.445 e. The van der Waals surface area contributed by atoms with Crippen LogP contribution in [0.1, 0.15) is 52.0 Å². The zero-order valence-corrected chi connectivity index (χ0v) is 17.3. The number of ketones is 1. The molecule has 0 aliphatic rings. The number of alkyl carbamates (subject to hydrolysis) is 1. The van der Waals surface area contributed by atoms with Gasteiger partial charge in [-0.15, -0.1) is 0 Å². The molecule has 2 atom stereocenters. The lowest BCUT2D eigenvalue weighted by atomic mass is 10.0. The zero-order valence-electron chi connectivity index (χ0n) is 17.3. The number of hydrogen-bond acceptors (Lipinski definition) is 4. The highest BCUT2D eigenvalue weighted by Gasteiger charge is 2.28. The predicted octanol–water partition coefficient (Wildman–Crippen LogP) is 2.87. The van der Waals surface area contributed by atoms with Gasteiger partial charge in [-0.25, -0.2) is 4.79 Å². The maximum Gasteiger partial charge on any atom is 0.408 e. The monoisotopic (exact) mass is 402 g/mol. The maximum absolute atomic E-state index is 12.7. The zero-order chi connectivity index (χ0) is 21.6. The summed E-state index contributed by atoms with van der Waals surface area (Å²) in [4.78, 5) is 39.7. The van der Waals surface area contributed by atoms with E-state index in [9.17, 15) is 14.4 Å². The fourth-order valence-electron chi connectivity index (χ4n) is 2.72. The highest BCUT2D eigenvalue weighted by atomic mass is 16.5. The highest BCUT2D eigenvalue weighted by Crippen LogP contribution is 2.08. The van der Waals surface area contributed by atoms with Crippen LogP contribution in [-0.4, -0.2) is 40.9 Å². The molecule has 0 heterocycles. The van der Waals surface area contributed by atoms with Crippen LogP contribution in [0.5, 0.6) is 0 Å². The van der Waals surface area contributed by atoms with Crippen molar-refractivity contribution in [3.63, 3.8) is 0 Å². The molecule has 0 aliphatic heterocycles. The smallest absolute Gasteiger partial charge is 0.408 e. The molecule has 0 fully saturated rings. The first-order chi connectivity index (χ1) is 13.9. The van der Waals surface area contributed by atoms with Crippen LogP contribution in [0.2, 0.25) is 0 Å². The maximum atomic E-state index is 12.7. The van der Waals surface area contributed by atoms with E-state index in [0.717, 1.165) is 24.6 Å². The highest BCUT2D eigenvalue weighted by molar-refractivity contribution is 6.28. The number of unbranched alkanes of at least 4 members (excludes halogenated alkanes) is 1. The molecule has 0 radical (unpaired) electrons. The summed E-state index contributed by atoms with van der Waals surface area (Å²) in [5, 5.41) is 5.24. The van der Waals surface area contributed by atoms with Crippen LogP contribution in [0.25, 0.3) is 5.53 Å². The Morgan fingerprint density at radius 2 is 1.83 bits per heavy atom. The van der Waals surface area contributed by atoms with E-state index in [1.807, 2.05) is 51.1 Å². The number of amides is 2. The fourth-order valence-corrected chi connectivity index (χ4v) is 2.72. The minimum Gasteiger partial charge on any atom is -0.445 e. The second-order valence-electron chi connectivity index (χ2n) is 7.24. The quantitative estimate of drug-likeness (QED) is 0.317. The van der Waals surface area contributed by atoms with Crippen molar-refractivity contribution in [2.45, 2.75) is 65.1 Å². The second kappa shape index (κ2) is 13.2. The van der Waals surface area contributed by atoms with Crippen LogP contribution < -0.4 is 10.6 Å². The molecule has 0 aliphatic carbocycles. The van der Waals surface area contributed by atoms with Crippen molar-refractivity contribution in [1.82, 2.24) is 10.6 Å². The molecule has 1 rings (SSSR count). The minimum atomic E-state index is -0.846. The summed E-state index contributed by atoms with van der Waals surface area (Å²) in [5.74, 6) is -0.843. The molecule has 158 valence electrons. The first kappa shape index (κ1) is 24.0. The van der Waals surface area contributed by atoms with E-state index in [0.29, 0.717) is 12.8 Å². The SMILES string of the molecule is CCCC[C@H](NC(=O)[C@H](CC(C)C)NC(=O)OCc1ccccc1)C(=O)C=[N+]=[N-]. The normalized spacial score (nSPS) is 12.4. The Balaban J connectivity index is 2.75. The molecule has 0 bridgehead atoms. The van der Waals surface area contributed by atoms with Gasteiger partial charge in [0.15, 0.2) is 0 Å². The molecule has 1 aromatic carbocycles. The Bertz CT molecular complexity index is 715. The molecule has 0 aromatic heterocycles. The van der Waals surface area contributed by atoms with Gasteiger partial charge in [-0.1, -0.05) is 63.9 Å². The number of Topliss-reactive ketones (excluding diaryl/α,β-unsaturated/α-hetero) is 1. The third kappa shape index (κ3) is 9.67. The van der Waals surface area contributed by atoms with E-state index in [4.69, 9.17) is 10.3 Å². The van der Waals surface area contributed by atoms with Gasteiger partial charge in [-0.3, -0.25) is 9.59 Å². The first-order valence-electron chi connectivity index (χ1n) is 9.86. The van der Waals surface area contributed by atoms with E-state index in [2.05, 4.69) is 15.4 Å². The number of nitrogens with zero attached hydrogens (tertiary/aromatic N) is 2. The molecular weight excluding hydrogens is 372 g/mol. The Kier molecular flexibility index (Phi) is 11.0. The van der Waals surface area contributed by atoms with Crippen molar-refractivity contribution in [2.75, 3.05) is 0 Å². The average Bonchev–Trinajstić information content (AvgIpc) is 2.69. The van der Waals surface area contributed by atoms with E-state index in [1.165, 1.54) is 0 Å². The molecule has 8 nitrogen and oxygen atoms in total. The van der Waals surface area contributed by atoms with Gasteiger partial charge in [-0.05, 0) is 24.3 Å². The van der Waals surface area contributed by atoms with Crippen molar-refractivity contribution in [3.8, 4) is 0 Å². The molecule has 1 aromatic rings. The molecule has 8 heteroatoms.